The Labute approximate surface area is 164 Å². The van der Waals surface area contributed by atoms with Crippen LogP contribution in [0.25, 0.3) is 0 Å². The van der Waals surface area contributed by atoms with E-state index in [4.69, 9.17) is 4.42 Å². The van der Waals surface area contributed by atoms with E-state index in [0.717, 1.165) is 16.7 Å². The standard InChI is InChI=1S/C25H21NO2/c27-25(23(19-11-4-1-5-12-19)20-13-6-2-7-14-20)26-24(22-17-10-18-28-22)21-15-8-3-9-16-21/h1-18,23-24H,(H,26,27). The minimum atomic E-state index is -0.399. The maximum Gasteiger partial charge on any atom is 0.232 e. The summed E-state index contributed by atoms with van der Waals surface area (Å²) in [6.07, 6.45) is 1.63. The molecule has 0 saturated carbocycles. The summed E-state index contributed by atoms with van der Waals surface area (Å²) in [7, 11) is 0. The molecule has 1 amide bonds. The molecule has 3 nitrogen and oxygen atoms in total. The quantitative estimate of drug-likeness (QED) is 0.501. The lowest BCUT2D eigenvalue weighted by molar-refractivity contribution is -0.122. The number of nitrogens with one attached hydrogen (secondary N) is 1. The molecule has 138 valence electrons. The van der Waals surface area contributed by atoms with Crippen molar-refractivity contribution in [2.24, 2.45) is 0 Å². The van der Waals surface area contributed by atoms with Crippen LogP contribution in [0.15, 0.2) is 114 Å². The lowest BCUT2D eigenvalue weighted by Gasteiger charge is -2.23. The van der Waals surface area contributed by atoms with E-state index in [1.807, 2.05) is 103 Å². The summed E-state index contributed by atoms with van der Waals surface area (Å²) in [4.78, 5) is 13.5. The average Bonchev–Trinajstić information content (AvgIpc) is 3.29. The smallest absolute Gasteiger partial charge is 0.232 e. The molecule has 0 spiro atoms. The molecule has 1 N–H and O–H groups in total. The highest BCUT2D eigenvalue weighted by Crippen LogP contribution is 2.28. The van der Waals surface area contributed by atoms with Gasteiger partial charge in [-0.1, -0.05) is 91.0 Å². The molecule has 0 radical (unpaired) electrons. The Morgan fingerprint density at radius 2 is 1.14 bits per heavy atom. The fraction of sp³-hybridized carbons (Fsp3) is 0.0800. The van der Waals surface area contributed by atoms with Gasteiger partial charge in [0.2, 0.25) is 5.91 Å². The molecule has 1 unspecified atom stereocenters. The van der Waals surface area contributed by atoms with Crippen molar-refractivity contribution in [1.82, 2.24) is 5.32 Å². The Bertz CT molecular complexity index is 957. The first-order chi connectivity index (χ1) is 13.8. The third-order valence-electron chi connectivity index (χ3n) is 4.78. The number of rotatable bonds is 6. The van der Waals surface area contributed by atoms with Gasteiger partial charge in [-0.2, -0.15) is 0 Å². The molecule has 1 aromatic heterocycles. The van der Waals surface area contributed by atoms with Crippen LogP contribution in [0.1, 0.15) is 34.4 Å². The lowest BCUT2D eigenvalue weighted by atomic mass is 9.90. The average molecular weight is 367 g/mol. The zero-order valence-corrected chi connectivity index (χ0v) is 15.4. The number of carbonyl (C=O) groups is 1. The molecular formula is C25H21NO2. The number of furan rings is 1. The van der Waals surface area contributed by atoms with Crippen molar-refractivity contribution in [1.29, 1.82) is 0 Å². The van der Waals surface area contributed by atoms with Gasteiger partial charge in [-0.05, 0) is 28.8 Å². The first-order valence-corrected chi connectivity index (χ1v) is 9.31. The van der Waals surface area contributed by atoms with Crippen LogP contribution < -0.4 is 5.32 Å². The van der Waals surface area contributed by atoms with Crippen LogP contribution in [-0.2, 0) is 4.79 Å². The summed E-state index contributed by atoms with van der Waals surface area (Å²) in [6.45, 7) is 0. The molecule has 0 aliphatic heterocycles. The first-order valence-electron chi connectivity index (χ1n) is 9.31. The third kappa shape index (κ3) is 3.89. The summed E-state index contributed by atoms with van der Waals surface area (Å²) in [6, 6.07) is 32.9. The number of hydrogen-bond acceptors (Lipinski definition) is 2. The second-order valence-electron chi connectivity index (χ2n) is 6.62. The molecule has 4 rings (SSSR count). The summed E-state index contributed by atoms with van der Waals surface area (Å²) in [5, 5.41) is 3.20. The molecule has 1 atom stereocenters. The summed E-state index contributed by atoms with van der Waals surface area (Å²) in [5.41, 5.74) is 2.89. The molecule has 28 heavy (non-hydrogen) atoms. The fourth-order valence-corrected chi connectivity index (χ4v) is 3.43. The Balaban J connectivity index is 1.70. The van der Waals surface area contributed by atoms with Gasteiger partial charge in [-0.25, -0.2) is 0 Å². The van der Waals surface area contributed by atoms with Gasteiger partial charge in [-0.3, -0.25) is 4.79 Å². The molecule has 0 aliphatic rings. The zero-order valence-electron chi connectivity index (χ0n) is 15.4. The first kappa shape index (κ1) is 17.8. The summed E-state index contributed by atoms with van der Waals surface area (Å²) >= 11 is 0. The van der Waals surface area contributed by atoms with Crippen molar-refractivity contribution in [2.45, 2.75) is 12.0 Å². The van der Waals surface area contributed by atoms with Crippen molar-refractivity contribution in [3.63, 3.8) is 0 Å². The number of amides is 1. The van der Waals surface area contributed by atoms with E-state index in [2.05, 4.69) is 5.32 Å². The van der Waals surface area contributed by atoms with Gasteiger partial charge in [0.15, 0.2) is 0 Å². The molecule has 3 aromatic carbocycles. The summed E-state index contributed by atoms with van der Waals surface area (Å²) in [5.74, 6) is 0.241. The number of carbonyl (C=O) groups excluding carboxylic acids is 1. The van der Waals surface area contributed by atoms with Crippen LogP contribution in [0, 0.1) is 0 Å². The van der Waals surface area contributed by atoms with Gasteiger partial charge in [0, 0.05) is 0 Å². The van der Waals surface area contributed by atoms with Crippen LogP contribution in [-0.4, -0.2) is 5.91 Å². The minimum absolute atomic E-state index is 0.0670. The molecule has 0 aliphatic carbocycles. The van der Waals surface area contributed by atoms with E-state index in [9.17, 15) is 4.79 Å². The number of benzene rings is 3. The SMILES string of the molecule is O=C(NC(c1ccccc1)c1ccco1)C(c1ccccc1)c1ccccc1. The third-order valence-corrected chi connectivity index (χ3v) is 4.78. The van der Waals surface area contributed by atoms with Crippen LogP contribution in [0.4, 0.5) is 0 Å². The van der Waals surface area contributed by atoms with Gasteiger partial charge < -0.3 is 9.73 Å². The van der Waals surface area contributed by atoms with Gasteiger partial charge in [0.1, 0.15) is 11.8 Å². The Morgan fingerprint density at radius 1 is 0.643 bits per heavy atom. The van der Waals surface area contributed by atoms with E-state index in [0.29, 0.717) is 5.76 Å². The molecule has 0 fully saturated rings. The lowest BCUT2D eigenvalue weighted by Crippen LogP contribution is -2.34. The van der Waals surface area contributed by atoms with Crippen molar-refractivity contribution >= 4 is 5.91 Å². The normalized spacial score (nSPS) is 11.9. The molecule has 3 heteroatoms. The van der Waals surface area contributed by atoms with E-state index >= 15 is 0 Å². The summed E-state index contributed by atoms with van der Waals surface area (Å²) < 4.78 is 5.63. The fourth-order valence-electron chi connectivity index (χ4n) is 3.43. The minimum Gasteiger partial charge on any atom is -0.467 e. The molecular weight excluding hydrogens is 346 g/mol. The maximum atomic E-state index is 13.5. The second-order valence-corrected chi connectivity index (χ2v) is 6.62. The molecule has 4 aromatic rings. The monoisotopic (exact) mass is 367 g/mol. The van der Waals surface area contributed by atoms with Crippen molar-refractivity contribution in [3.8, 4) is 0 Å². The predicted octanol–water partition coefficient (Wildman–Crippen LogP) is 5.32. The predicted molar refractivity (Wildman–Crippen MR) is 110 cm³/mol. The van der Waals surface area contributed by atoms with E-state index < -0.39 is 5.92 Å². The van der Waals surface area contributed by atoms with Crippen molar-refractivity contribution in [3.05, 3.63) is 132 Å². The van der Waals surface area contributed by atoms with Crippen LogP contribution in [0.3, 0.4) is 0 Å². The topological polar surface area (TPSA) is 42.2 Å². The Kier molecular flexibility index (Phi) is 5.34. The number of hydrogen-bond donors (Lipinski definition) is 1. The van der Waals surface area contributed by atoms with Crippen molar-refractivity contribution < 1.29 is 9.21 Å². The van der Waals surface area contributed by atoms with Crippen LogP contribution in [0.5, 0.6) is 0 Å². The second kappa shape index (κ2) is 8.40. The Hall–Kier alpha value is -3.59. The van der Waals surface area contributed by atoms with Crippen LogP contribution in [0.2, 0.25) is 0 Å². The van der Waals surface area contributed by atoms with Gasteiger partial charge in [0.05, 0.1) is 12.2 Å². The highest BCUT2D eigenvalue weighted by atomic mass is 16.3. The van der Waals surface area contributed by atoms with Crippen molar-refractivity contribution in [2.75, 3.05) is 0 Å². The Morgan fingerprint density at radius 3 is 1.61 bits per heavy atom. The largest absolute Gasteiger partial charge is 0.467 e. The molecule has 0 bridgehead atoms. The maximum absolute atomic E-state index is 13.5. The van der Waals surface area contributed by atoms with Gasteiger partial charge >= 0.3 is 0 Å². The highest BCUT2D eigenvalue weighted by molar-refractivity contribution is 5.87. The van der Waals surface area contributed by atoms with E-state index in [1.54, 1.807) is 6.26 Å². The van der Waals surface area contributed by atoms with E-state index in [-0.39, 0.29) is 11.9 Å². The van der Waals surface area contributed by atoms with Gasteiger partial charge in [-0.15, -0.1) is 0 Å². The molecule has 1 heterocycles. The van der Waals surface area contributed by atoms with E-state index in [1.165, 1.54) is 0 Å². The zero-order chi connectivity index (χ0) is 19.2. The van der Waals surface area contributed by atoms with Crippen LogP contribution >= 0.6 is 0 Å². The van der Waals surface area contributed by atoms with Gasteiger partial charge in [0.25, 0.3) is 0 Å². The molecule has 0 saturated heterocycles. The highest BCUT2D eigenvalue weighted by Gasteiger charge is 2.27.